The highest BCUT2D eigenvalue weighted by Gasteiger charge is 2.40. The summed E-state index contributed by atoms with van der Waals surface area (Å²) < 4.78 is 0. The lowest BCUT2D eigenvalue weighted by Gasteiger charge is -2.14. The monoisotopic (exact) mass is 275 g/mol. The second-order valence-electron chi connectivity index (χ2n) is 5.01. The molecule has 2 N–H and O–H groups in total. The van der Waals surface area contributed by atoms with Crippen LogP contribution in [-0.2, 0) is 9.59 Å². The number of amides is 4. The number of urea groups is 1. The van der Waals surface area contributed by atoms with Gasteiger partial charge in [0.15, 0.2) is 0 Å². The maximum atomic E-state index is 12.0. The molecule has 20 heavy (non-hydrogen) atoms. The van der Waals surface area contributed by atoms with Crippen LogP contribution in [-0.4, -0.2) is 35.3 Å². The number of hydrogen-bond acceptors (Lipinski definition) is 3. The lowest BCUT2D eigenvalue weighted by molar-refractivity contribution is -0.131. The Morgan fingerprint density at radius 2 is 1.95 bits per heavy atom. The summed E-state index contributed by atoms with van der Waals surface area (Å²) in [5.41, 5.74) is 0.630. The van der Waals surface area contributed by atoms with Crippen molar-refractivity contribution in [3.8, 4) is 0 Å². The van der Waals surface area contributed by atoms with Gasteiger partial charge < -0.3 is 10.6 Å². The molecule has 2 rings (SSSR count). The van der Waals surface area contributed by atoms with Crippen molar-refractivity contribution in [3.05, 3.63) is 30.3 Å². The van der Waals surface area contributed by atoms with E-state index in [1.807, 2.05) is 19.9 Å². The molecular weight excluding hydrogens is 258 g/mol. The van der Waals surface area contributed by atoms with Crippen molar-refractivity contribution >= 4 is 23.5 Å². The number of rotatable bonds is 4. The molecular formula is C14H17N3O3. The van der Waals surface area contributed by atoms with Gasteiger partial charge in [-0.1, -0.05) is 32.0 Å². The molecule has 1 aromatic carbocycles. The summed E-state index contributed by atoms with van der Waals surface area (Å²) >= 11 is 0. The van der Waals surface area contributed by atoms with Gasteiger partial charge in [0.05, 0.1) is 0 Å². The molecule has 1 heterocycles. The minimum Gasteiger partial charge on any atom is -0.326 e. The molecule has 6 heteroatoms. The number of hydrogen-bond donors (Lipinski definition) is 2. The van der Waals surface area contributed by atoms with Crippen LogP contribution < -0.4 is 10.6 Å². The maximum Gasteiger partial charge on any atom is 0.325 e. The lowest BCUT2D eigenvalue weighted by atomic mass is 10.1. The molecule has 1 aliphatic heterocycles. The normalized spacial score (nSPS) is 18.4. The van der Waals surface area contributed by atoms with Crippen molar-refractivity contribution in [2.75, 3.05) is 11.9 Å². The van der Waals surface area contributed by atoms with E-state index >= 15 is 0 Å². The molecule has 0 spiro atoms. The molecule has 1 fully saturated rings. The Bertz CT molecular complexity index is 528. The maximum absolute atomic E-state index is 12.0. The Morgan fingerprint density at radius 3 is 2.50 bits per heavy atom. The average molecular weight is 275 g/mol. The molecule has 1 atom stereocenters. The van der Waals surface area contributed by atoms with Crippen LogP contribution in [0.3, 0.4) is 0 Å². The van der Waals surface area contributed by atoms with Crippen molar-refractivity contribution in [2.24, 2.45) is 5.92 Å². The van der Waals surface area contributed by atoms with Crippen LogP contribution >= 0.6 is 0 Å². The van der Waals surface area contributed by atoms with Crippen molar-refractivity contribution in [1.82, 2.24) is 10.2 Å². The summed E-state index contributed by atoms with van der Waals surface area (Å²) in [7, 11) is 0. The Kier molecular flexibility index (Phi) is 4.02. The van der Waals surface area contributed by atoms with E-state index in [1.165, 1.54) is 0 Å². The van der Waals surface area contributed by atoms with Gasteiger partial charge in [0.1, 0.15) is 12.6 Å². The Balaban J connectivity index is 1.98. The number of nitrogens with zero attached hydrogens (tertiary/aromatic N) is 1. The number of benzene rings is 1. The van der Waals surface area contributed by atoms with E-state index in [4.69, 9.17) is 0 Å². The Morgan fingerprint density at radius 1 is 1.30 bits per heavy atom. The van der Waals surface area contributed by atoms with Crippen LogP contribution in [0.4, 0.5) is 10.5 Å². The number of para-hydroxylation sites is 1. The highest BCUT2D eigenvalue weighted by molar-refractivity contribution is 6.08. The smallest absolute Gasteiger partial charge is 0.325 e. The zero-order chi connectivity index (χ0) is 14.7. The standard InChI is InChI=1S/C14H17N3O3/c1-9(2)12-13(19)17(14(20)16-12)8-11(18)15-10-6-4-3-5-7-10/h3-7,9,12H,8H2,1-2H3,(H,15,18)(H,16,20)/t12-/m0/s1. The predicted molar refractivity (Wildman–Crippen MR) is 73.9 cm³/mol. The van der Waals surface area contributed by atoms with Crippen molar-refractivity contribution in [1.29, 1.82) is 0 Å². The van der Waals surface area contributed by atoms with Gasteiger partial charge in [0.2, 0.25) is 5.91 Å². The van der Waals surface area contributed by atoms with Gasteiger partial charge >= 0.3 is 6.03 Å². The summed E-state index contributed by atoms with van der Waals surface area (Å²) in [6.07, 6.45) is 0. The third-order valence-electron chi connectivity index (χ3n) is 3.08. The van der Waals surface area contributed by atoms with E-state index in [0.29, 0.717) is 5.69 Å². The summed E-state index contributed by atoms with van der Waals surface area (Å²) in [6.45, 7) is 3.41. The quantitative estimate of drug-likeness (QED) is 0.810. The first-order chi connectivity index (χ1) is 9.49. The van der Waals surface area contributed by atoms with E-state index in [9.17, 15) is 14.4 Å². The molecule has 1 aliphatic rings. The third-order valence-corrected chi connectivity index (χ3v) is 3.08. The molecule has 0 saturated carbocycles. The van der Waals surface area contributed by atoms with E-state index < -0.39 is 18.0 Å². The van der Waals surface area contributed by atoms with Crippen molar-refractivity contribution in [3.63, 3.8) is 0 Å². The second kappa shape index (κ2) is 5.73. The fourth-order valence-corrected chi connectivity index (χ4v) is 2.01. The number of imide groups is 1. The van der Waals surface area contributed by atoms with Crippen LogP contribution in [0.2, 0.25) is 0 Å². The Labute approximate surface area is 117 Å². The largest absolute Gasteiger partial charge is 0.326 e. The first kappa shape index (κ1) is 14.0. The van der Waals surface area contributed by atoms with Gasteiger partial charge in [-0.3, -0.25) is 14.5 Å². The van der Waals surface area contributed by atoms with Gasteiger partial charge in [-0.05, 0) is 18.1 Å². The third kappa shape index (κ3) is 2.96. The zero-order valence-electron chi connectivity index (χ0n) is 11.4. The van der Waals surface area contributed by atoms with E-state index in [1.54, 1.807) is 24.3 Å². The number of carbonyl (C=O) groups excluding carboxylic acids is 3. The highest BCUT2D eigenvalue weighted by Crippen LogP contribution is 2.14. The average Bonchev–Trinajstić information content (AvgIpc) is 2.68. The van der Waals surface area contributed by atoms with Crippen LogP contribution in [0, 0.1) is 5.92 Å². The van der Waals surface area contributed by atoms with Crippen LogP contribution in [0.5, 0.6) is 0 Å². The van der Waals surface area contributed by atoms with Crippen LogP contribution in [0.25, 0.3) is 0 Å². The van der Waals surface area contributed by atoms with Gasteiger partial charge in [0.25, 0.3) is 5.91 Å². The molecule has 106 valence electrons. The zero-order valence-corrected chi connectivity index (χ0v) is 11.4. The van der Waals surface area contributed by atoms with Gasteiger partial charge in [-0.2, -0.15) is 0 Å². The minimum atomic E-state index is -0.549. The topological polar surface area (TPSA) is 78.5 Å². The van der Waals surface area contributed by atoms with Gasteiger partial charge in [-0.25, -0.2) is 4.79 Å². The molecule has 0 aromatic heterocycles. The van der Waals surface area contributed by atoms with E-state index in [0.717, 1.165) is 4.90 Å². The van der Waals surface area contributed by atoms with E-state index in [2.05, 4.69) is 10.6 Å². The van der Waals surface area contributed by atoms with Crippen molar-refractivity contribution in [2.45, 2.75) is 19.9 Å². The van der Waals surface area contributed by atoms with Crippen molar-refractivity contribution < 1.29 is 14.4 Å². The van der Waals surface area contributed by atoms with Crippen LogP contribution in [0.15, 0.2) is 30.3 Å². The van der Waals surface area contributed by atoms with Gasteiger partial charge in [0, 0.05) is 5.69 Å². The molecule has 6 nitrogen and oxygen atoms in total. The van der Waals surface area contributed by atoms with Gasteiger partial charge in [-0.15, -0.1) is 0 Å². The lowest BCUT2D eigenvalue weighted by Crippen LogP contribution is -2.39. The molecule has 0 unspecified atom stereocenters. The predicted octanol–water partition coefficient (Wildman–Crippen LogP) is 1.20. The molecule has 0 radical (unpaired) electrons. The SMILES string of the molecule is CC(C)[C@@H]1NC(=O)N(CC(=O)Nc2ccccc2)C1=O. The van der Waals surface area contributed by atoms with Crippen LogP contribution in [0.1, 0.15) is 13.8 Å². The summed E-state index contributed by atoms with van der Waals surface area (Å²) in [5.74, 6) is -0.758. The first-order valence-corrected chi connectivity index (χ1v) is 6.46. The fourth-order valence-electron chi connectivity index (χ4n) is 2.01. The number of carbonyl (C=O) groups is 3. The molecule has 1 saturated heterocycles. The number of nitrogens with one attached hydrogen (secondary N) is 2. The molecule has 4 amide bonds. The minimum absolute atomic E-state index is 0.00589. The number of anilines is 1. The molecule has 0 bridgehead atoms. The summed E-state index contributed by atoms with van der Waals surface area (Å²) in [5, 5.41) is 5.22. The van der Waals surface area contributed by atoms with E-state index in [-0.39, 0.29) is 18.4 Å². The highest BCUT2D eigenvalue weighted by atomic mass is 16.2. The summed E-state index contributed by atoms with van der Waals surface area (Å²) in [6, 6.07) is 7.82. The summed E-state index contributed by atoms with van der Waals surface area (Å²) in [4.78, 5) is 36.5. The molecule has 1 aromatic rings. The Hall–Kier alpha value is -2.37. The second-order valence-corrected chi connectivity index (χ2v) is 5.01. The fraction of sp³-hybridized carbons (Fsp3) is 0.357. The molecule has 0 aliphatic carbocycles. The first-order valence-electron chi connectivity index (χ1n) is 6.46.